The maximum atomic E-state index is 6.49. The summed E-state index contributed by atoms with van der Waals surface area (Å²) >= 11 is 1.86. The molecule has 3 nitrogen and oxygen atoms in total. The van der Waals surface area contributed by atoms with Gasteiger partial charge in [-0.25, -0.2) is 0 Å². The lowest BCUT2D eigenvalue weighted by Gasteiger charge is -2.26. The number of furan rings is 1. The Bertz CT molecular complexity index is 3360. The fourth-order valence-corrected chi connectivity index (χ4v) is 10.2. The van der Waals surface area contributed by atoms with E-state index >= 15 is 0 Å². The molecule has 0 bridgehead atoms. The molecule has 12 rings (SSSR count). The highest BCUT2D eigenvalue weighted by Gasteiger charge is 2.21. The van der Waals surface area contributed by atoms with E-state index in [1.165, 1.54) is 74.8 Å². The summed E-state index contributed by atoms with van der Waals surface area (Å²) in [7, 11) is 0. The van der Waals surface area contributed by atoms with Crippen molar-refractivity contribution in [1.82, 2.24) is 4.57 Å². The summed E-state index contributed by atoms with van der Waals surface area (Å²) < 4.78 is 11.5. The van der Waals surface area contributed by atoms with Gasteiger partial charge in [-0.2, -0.15) is 0 Å². The molecule has 56 heavy (non-hydrogen) atoms. The zero-order valence-corrected chi connectivity index (χ0v) is 31.3. The summed E-state index contributed by atoms with van der Waals surface area (Å²) in [6.07, 6.45) is 6.43. The summed E-state index contributed by atoms with van der Waals surface area (Å²) in [5, 5.41) is 8.87. The number of hydrogen-bond donors (Lipinski definition) is 0. The largest absolute Gasteiger partial charge is 0.460 e. The molecule has 1 aliphatic carbocycles. The highest BCUT2D eigenvalue weighted by molar-refractivity contribution is 7.26. The van der Waals surface area contributed by atoms with Crippen LogP contribution in [0, 0.1) is 0 Å². The minimum Gasteiger partial charge on any atom is -0.460 e. The van der Waals surface area contributed by atoms with Crippen LogP contribution in [-0.4, -0.2) is 4.57 Å². The Hall–Kier alpha value is -6.88. The van der Waals surface area contributed by atoms with Gasteiger partial charge in [0.2, 0.25) is 0 Å². The molecule has 3 heterocycles. The normalized spacial score (nSPS) is 12.8. The number of fused-ring (bicyclic) bond motifs is 11. The summed E-state index contributed by atoms with van der Waals surface area (Å²) in [6, 6.07) is 62.1. The molecular formula is C52H34N2OS. The maximum absolute atomic E-state index is 6.49. The third-order valence-corrected chi connectivity index (χ3v) is 12.8. The molecule has 8 aromatic carbocycles. The van der Waals surface area contributed by atoms with Crippen LogP contribution in [-0.2, 0) is 6.42 Å². The summed E-state index contributed by atoms with van der Waals surface area (Å²) in [5.41, 5.74) is 11.4. The van der Waals surface area contributed by atoms with Crippen LogP contribution in [0.3, 0.4) is 0 Å². The molecule has 3 aromatic heterocycles. The first kappa shape index (κ1) is 31.5. The molecule has 1 aliphatic rings. The molecule has 0 radical (unpaired) electrons. The van der Waals surface area contributed by atoms with Crippen molar-refractivity contribution in [2.75, 3.05) is 4.90 Å². The number of rotatable bonds is 5. The number of hydrogen-bond acceptors (Lipinski definition) is 3. The van der Waals surface area contributed by atoms with Gasteiger partial charge in [-0.3, -0.25) is 0 Å². The smallest absolute Gasteiger partial charge is 0.137 e. The van der Waals surface area contributed by atoms with Crippen molar-refractivity contribution >= 4 is 98.2 Å². The summed E-state index contributed by atoms with van der Waals surface area (Å²) in [4.78, 5) is 2.40. The van der Waals surface area contributed by atoms with E-state index in [-0.39, 0.29) is 0 Å². The van der Waals surface area contributed by atoms with Gasteiger partial charge in [0.15, 0.2) is 0 Å². The van der Waals surface area contributed by atoms with Crippen molar-refractivity contribution in [3.8, 4) is 16.8 Å². The molecule has 0 saturated carbocycles. The Balaban J connectivity index is 0.959. The van der Waals surface area contributed by atoms with Crippen LogP contribution in [0.15, 0.2) is 180 Å². The molecule has 0 fully saturated rings. The molecule has 0 amide bonds. The zero-order valence-electron chi connectivity index (χ0n) is 30.4. The van der Waals surface area contributed by atoms with Crippen LogP contribution in [0.25, 0.3) is 86.6 Å². The van der Waals surface area contributed by atoms with E-state index in [4.69, 9.17) is 4.42 Å². The Morgan fingerprint density at radius 3 is 2.16 bits per heavy atom. The Labute approximate surface area is 327 Å². The second-order valence-electron chi connectivity index (χ2n) is 14.8. The first-order valence-electron chi connectivity index (χ1n) is 19.3. The first-order chi connectivity index (χ1) is 27.8. The standard InChI is InChI=1S/C52H34N2OS/c1-2-11-39-35(10-1)24-31-46-51(39)44-14-3-6-16-45(44)54(46)37-27-22-34(23-28-37)33-20-25-36(26-21-33)53(38-29-30-41-40-12-4-7-18-48(40)55-49(41)32-38)47-17-9-15-43-42-13-5-8-19-50(42)56-52(43)47/h1-6,8-17,19-32H,7,18H2. The third kappa shape index (κ3) is 4.76. The summed E-state index contributed by atoms with van der Waals surface area (Å²) in [5.74, 6) is 1.08. The third-order valence-electron chi connectivity index (χ3n) is 11.6. The average Bonchev–Trinajstić information content (AvgIpc) is 3.94. The predicted octanol–water partition coefficient (Wildman–Crippen LogP) is 15.1. The maximum Gasteiger partial charge on any atom is 0.137 e. The van der Waals surface area contributed by atoms with Gasteiger partial charge in [0.1, 0.15) is 11.3 Å². The van der Waals surface area contributed by atoms with E-state index in [0.29, 0.717) is 0 Å². The fraction of sp³-hybridized carbons (Fsp3) is 0.0385. The average molecular weight is 735 g/mol. The number of benzene rings is 8. The van der Waals surface area contributed by atoms with Gasteiger partial charge in [-0.15, -0.1) is 11.3 Å². The Kier molecular flexibility index (Phi) is 6.92. The van der Waals surface area contributed by atoms with E-state index in [0.717, 1.165) is 46.9 Å². The Morgan fingerprint density at radius 1 is 0.554 bits per heavy atom. The van der Waals surface area contributed by atoms with Crippen LogP contribution in [0.4, 0.5) is 17.1 Å². The number of allylic oxidation sites excluding steroid dienone is 1. The highest BCUT2D eigenvalue weighted by Crippen LogP contribution is 2.46. The van der Waals surface area contributed by atoms with E-state index in [1.54, 1.807) is 0 Å². The molecule has 0 aliphatic heterocycles. The van der Waals surface area contributed by atoms with Gasteiger partial charge in [-0.05, 0) is 89.0 Å². The number of aryl methyl sites for hydroxylation is 1. The quantitative estimate of drug-likeness (QED) is 0.176. The van der Waals surface area contributed by atoms with Crippen molar-refractivity contribution in [2.45, 2.75) is 12.8 Å². The highest BCUT2D eigenvalue weighted by atomic mass is 32.1. The van der Waals surface area contributed by atoms with Crippen LogP contribution in [0.5, 0.6) is 0 Å². The minimum absolute atomic E-state index is 0.931. The zero-order chi connectivity index (χ0) is 36.7. The van der Waals surface area contributed by atoms with E-state index in [9.17, 15) is 0 Å². The minimum atomic E-state index is 0.931. The summed E-state index contributed by atoms with van der Waals surface area (Å²) in [6.45, 7) is 0. The van der Waals surface area contributed by atoms with Crippen molar-refractivity contribution in [3.63, 3.8) is 0 Å². The van der Waals surface area contributed by atoms with Crippen molar-refractivity contribution in [2.24, 2.45) is 0 Å². The molecule has 11 aromatic rings. The van der Waals surface area contributed by atoms with Crippen LogP contribution in [0.1, 0.15) is 17.7 Å². The molecule has 0 saturated heterocycles. The van der Waals surface area contributed by atoms with Crippen molar-refractivity contribution < 1.29 is 4.42 Å². The number of aromatic nitrogens is 1. The van der Waals surface area contributed by atoms with Crippen LogP contribution >= 0.6 is 11.3 Å². The van der Waals surface area contributed by atoms with Gasteiger partial charge >= 0.3 is 0 Å². The first-order valence-corrected chi connectivity index (χ1v) is 20.1. The van der Waals surface area contributed by atoms with E-state index in [2.05, 4.69) is 191 Å². The lowest BCUT2D eigenvalue weighted by molar-refractivity contribution is 0.546. The van der Waals surface area contributed by atoms with Crippen LogP contribution < -0.4 is 4.90 Å². The molecular weight excluding hydrogens is 701 g/mol. The molecule has 0 N–H and O–H groups in total. The van der Waals surface area contributed by atoms with Gasteiger partial charge in [0, 0.05) is 66.7 Å². The van der Waals surface area contributed by atoms with E-state index in [1.807, 2.05) is 11.3 Å². The fourth-order valence-electron chi connectivity index (χ4n) is 9.04. The second kappa shape index (κ2) is 12.3. The second-order valence-corrected chi connectivity index (χ2v) is 15.8. The topological polar surface area (TPSA) is 21.3 Å². The lowest BCUT2D eigenvalue weighted by atomic mass is 10.0. The number of para-hydroxylation sites is 1. The molecule has 0 spiro atoms. The molecule has 4 heteroatoms. The van der Waals surface area contributed by atoms with Crippen molar-refractivity contribution in [1.29, 1.82) is 0 Å². The number of thiophene rings is 1. The SMILES string of the molecule is C1=Cc2c(oc3cc(N(c4ccc(-c5ccc(-n6c7ccccc7c7c8ccccc8ccc76)cc5)cc4)c4cccc5c4sc4ccccc45)ccc23)CC1. The number of nitrogens with zero attached hydrogens (tertiary/aromatic N) is 2. The van der Waals surface area contributed by atoms with Gasteiger partial charge in [0.05, 0.1) is 21.4 Å². The van der Waals surface area contributed by atoms with Gasteiger partial charge < -0.3 is 13.9 Å². The Morgan fingerprint density at radius 2 is 1.29 bits per heavy atom. The number of anilines is 3. The van der Waals surface area contributed by atoms with E-state index < -0.39 is 0 Å². The predicted molar refractivity (Wildman–Crippen MR) is 238 cm³/mol. The monoisotopic (exact) mass is 734 g/mol. The molecule has 0 atom stereocenters. The van der Waals surface area contributed by atoms with Gasteiger partial charge in [-0.1, -0.05) is 115 Å². The van der Waals surface area contributed by atoms with Gasteiger partial charge in [0.25, 0.3) is 0 Å². The lowest BCUT2D eigenvalue weighted by Crippen LogP contribution is -2.10. The van der Waals surface area contributed by atoms with Crippen molar-refractivity contribution in [3.05, 3.63) is 187 Å². The molecule has 264 valence electrons. The molecule has 0 unspecified atom stereocenters. The van der Waals surface area contributed by atoms with Crippen LogP contribution in [0.2, 0.25) is 0 Å².